The first-order valence-corrected chi connectivity index (χ1v) is 5.75. The predicted octanol–water partition coefficient (Wildman–Crippen LogP) is 1.62. The fourth-order valence-corrected chi connectivity index (χ4v) is 1.73. The molecule has 6 nitrogen and oxygen atoms in total. The monoisotopic (exact) mass is 253 g/mol. The van der Waals surface area contributed by atoms with Crippen LogP contribution in [0.3, 0.4) is 0 Å². The summed E-state index contributed by atoms with van der Waals surface area (Å²) in [7, 11) is 1.78. The van der Waals surface area contributed by atoms with Crippen molar-refractivity contribution >= 4 is 22.8 Å². The van der Waals surface area contributed by atoms with E-state index in [0.29, 0.717) is 11.3 Å². The lowest BCUT2D eigenvalue weighted by atomic mass is 10.3. The van der Waals surface area contributed by atoms with Gasteiger partial charge in [-0.05, 0) is 12.1 Å². The number of aromatic nitrogens is 4. The molecule has 0 unspecified atom stereocenters. The first-order chi connectivity index (χ1) is 9.22. The van der Waals surface area contributed by atoms with Crippen LogP contribution < -0.4 is 5.32 Å². The van der Waals surface area contributed by atoms with E-state index in [4.69, 9.17) is 0 Å². The van der Waals surface area contributed by atoms with Crippen molar-refractivity contribution in [1.82, 2.24) is 19.7 Å². The van der Waals surface area contributed by atoms with E-state index in [9.17, 15) is 4.79 Å². The van der Waals surface area contributed by atoms with Crippen molar-refractivity contribution in [2.75, 3.05) is 5.32 Å². The van der Waals surface area contributed by atoms with Crippen LogP contribution in [0.2, 0.25) is 0 Å². The van der Waals surface area contributed by atoms with Crippen LogP contribution in [-0.2, 0) is 7.05 Å². The predicted molar refractivity (Wildman–Crippen MR) is 70.7 cm³/mol. The molecule has 1 N–H and O–H groups in total. The number of aryl methyl sites for hydroxylation is 1. The number of amides is 1. The molecule has 0 radical (unpaired) electrons. The molecule has 2 aromatic heterocycles. The summed E-state index contributed by atoms with van der Waals surface area (Å²) in [6, 6.07) is 9.12. The van der Waals surface area contributed by atoms with Gasteiger partial charge in [0.05, 0.1) is 17.2 Å². The quantitative estimate of drug-likeness (QED) is 0.753. The Morgan fingerprint density at radius 2 is 2.00 bits per heavy atom. The number of hydrogen-bond acceptors (Lipinski definition) is 4. The first-order valence-electron chi connectivity index (χ1n) is 5.75. The SMILES string of the molecule is Cn1ccc(NC(=O)c2cnc3ccccc3n2)n1. The van der Waals surface area contributed by atoms with E-state index in [0.717, 1.165) is 5.52 Å². The number of para-hydroxylation sites is 2. The number of carbonyl (C=O) groups excluding carboxylic acids is 1. The summed E-state index contributed by atoms with van der Waals surface area (Å²) in [5.41, 5.74) is 1.72. The van der Waals surface area contributed by atoms with E-state index in [1.54, 1.807) is 24.0 Å². The number of hydrogen-bond donors (Lipinski definition) is 1. The molecule has 94 valence electrons. The van der Waals surface area contributed by atoms with Crippen LogP contribution in [0.1, 0.15) is 10.5 Å². The second-order valence-electron chi connectivity index (χ2n) is 4.07. The van der Waals surface area contributed by atoms with Gasteiger partial charge in [0.1, 0.15) is 5.69 Å². The largest absolute Gasteiger partial charge is 0.304 e. The van der Waals surface area contributed by atoms with Crippen molar-refractivity contribution in [3.8, 4) is 0 Å². The maximum absolute atomic E-state index is 12.0. The number of carbonyl (C=O) groups is 1. The molecule has 0 saturated heterocycles. The van der Waals surface area contributed by atoms with Crippen LogP contribution in [0.25, 0.3) is 11.0 Å². The molecule has 3 rings (SSSR count). The van der Waals surface area contributed by atoms with Crippen molar-refractivity contribution < 1.29 is 4.79 Å². The smallest absolute Gasteiger partial charge is 0.277 e. The standard InChI is InChI=1S/C13H11N5O/c1-18-7-6-12(17-18)16-13(19)11-8-14-9-4-2-3-5-10(9)15-11/h2-8H,1H3,(H,16,17,19). The molecule has 1 amide bonds. The second-order valence-corrected chi connectivity index (χ2v) is 4.07. The summed E-state index contributed by atoms with van der Waals surface area (Å²) in [5, 5.41) is 6.75. The van der Waals surface area contributed by atoms with E-state index in [1.807, 2.05) is 24.3 Å². The third-order valence-corrected chi connectivity index (χ3v) is 2.64. The maximum atomic E-state index is 12.0. The fourth-order valence-electron chi connectivity index (χ4n) is 1.73. The van der Waals surface area contributed by atoms with Gasteiger partial charge in [0.15, 0.2) is 5.82 Å². The normalized spacial score (nSPS) is 10.6. The molecular weight excluding hydrogens is 242 g/mol. The molecule has 0 aliphatic rings. The molecule has 1 aromatic carbocycles. The Labute approximate surface area is 109 Å². The minimum Gasteiger partial charge on any atom is -0.304 e. The molecule has 0 spiro atoms. The van der Waals surface area contributed by atoms with Gasteiger partial charge in [-0.3, -0.25) is 14.5 Å². The van der Waals surface area contributed by atoms with Gasteiger partial charge in [-0.1, -0.05) is 12.1 Å². The van der Waals surface area contributed by atoms with Crippen LogP contribution >= 0.6 is 0 Å². The maximum Gasteiger partial charge on any atom is 0.277 e. The molecule has 0 aliphatic carbocycles. The molecule has 0 aliphatic heterocycles. The lowest BCUT2D eigenvalue weighted by Gasteiger charge is -2.02. The van der Waals surface area contributed by atoms with E-state index >= 15 is 0 Å². The van der Waals surface area contributed by atoms with Gasteiger partial charge in [0.2, 0.25) is 0 Å². The van der Waals surface area contributed by atoms with Gasteiger partial charge >= 0.3 is 0 Å². The molecule has 3 aromatic rings. The van der Waals surface area contributed by atoms with E-state index in [2.05, 4.69) is 20.4 Å². The van der Waals surface area contributed by atoms with Crippen LogP contribution in [0.4, 0.5) is 5.82 Å². The number of anilines is 1. The van der Waals surface area contributed by atoms with Crippen LogP contribution in [0, 0.1) is 0 Å². The van der Waals surface area contributed by atoms with Crippen molar-refractivity contribution in [3.63, 3.8) is 0 Å². The fraction of sp³-hybridized carbons (Fsp3) is 0.0769. The minimum atomic E-state index is -0.322. The minimum absolute atomic E-state index is 0.268. The van der Waals surface area contributed by atoms with Gasteiger partial charge in [-0.25, -0.2) is 4.98 Å². The summed E-state index contributed by atoms with van der Waals surface area (Å²) in [5.74, 6) is 0.166. The number of rotatable bonds is 2. The molecule has 0 saturated carbocycles. The van der Waals surface area contributed by atoms with E-state index in [1.165, 1.54) is 6.20 Å². The Hall–Kier alpha value is -2.76. The molecule has 0 bridgehead atoms. The molecule has 19 heavy (non-hydrogen) atoms. The Balaban J connectivity index is 1.89. The highest BCUT2D eigenvalue weighted by Gasteiger charge is 2.10. The van der Waals surface area contributed by atoms with Gasteiger partial charge < -0.3 is 5.32 Å². The number of benzene rings is 1. The van der Waals surface area contributed by atoms with Gasteiger partial charge in [0, 0.05) is 19.3 Å². The molecule has 0 atom stereocenters. The average Bonchev–Trinajstić information content (AvgIpc) is 2.83. The lowest BCUT2D eigenvalue weighted by Crippen LogP contribution is -2.14. The van der Waals surface area contributed by atoms with Crippen molar-refractivity contribution in [2.24, 2.45) is 7.05 Å². The van der Waals surface area contributed by atoms with Gasteiger partial charge in [-0.2, -0.15) is 5.10 Å². The Kier molecular flexibility index (Phi) is 2.68. The summed E-state index contributed by atoms with van der Waals surface area (Å²) >= 11 is 0. The third-order valence-electron chi connectivity index (χ3n) is 2.64. The first kappa shape index (κ1) is 11.3. The van der Waals surface area contributed by atoms with E-state index in [-0.39, 0.29) is 11.6 Å². The Morgan fingerprint density at radius 1 is 1.21 bits per heavy atom. The highest BCUT2D eigenvalue weighted by Crippen LogP contribution is 2.10. The van der Waals surface area contributed by atoms with Crippen molar-refractivity contribution in [3.05, 3.63) is 48.4 Å². The summed E-state index contributed by atoms with van der Waals surface area (Å²) in [6.45, 7) is 0. The summed E-state index contributed by atoms with van der Waals surface area (Å²) < 4.78 is 1.61. The van der Waals surface area contributed by atoms with E-state index < -0.39 is 0 Å². The lowest BCUT2D eigenvalue weighted by molar-refractivity contribution is 0.102. The zero-order valence-electron chi connectivity index (χ0n) is 10.2. The number of nitrogens with zero attached hydrogens (tertiary/aromatic N) is 4. The van der Waals surface area contributed by atoms with Crippen molar-refractivity contribution in [1.29, 1.82) is 0 Å². The van der Waals surface area contributed by atoms with Gasteiger partial charge in [0.25, 0.3) is 5.91 Å². The topological polar surface area (TPSA) is 72.7 Å². The van der Waals surface area contributed by atoms with Crippen molar-refractivity contribution in [2.45, 2.75) is 0 Å². The average molecular weight is 253 g/mol. The Morgan fingerprint density at radius 3 is 2.74 bits per heavy atom. The third kappa shape index (κ3) is 2.28. The highest BCUT2D eigenvalue weighted by molar-refractivity contribution is 6.02. The molecule has 6 heteroatoms. The Bertz CT molecular complexity index is 749. The number of fused-ring (bicyclic) bond motifs is 1. The second kappa shape index (κ2) is 4.49. The van der Waals surface area contributed by atoms with Gasteiger partial charge in [-0.15, -0.1) is 0 Å². The molecular formula is C13H11N5O. The molecule has 2 heterocycles. The summed E-state index contributed by atoms with van der Waals surface area (Å²) in [4.78, 5) is 20.5. The van der Waals surface area contributed by atoms with Crippen LogP contribution in [0.5, 0.6) is 0 Å². The molecule has 0 fully saturated rings. The zero-order chi connectivity index (χ0) is 13.2. The summed E-state index contributed by atoms with van der Waals surface area (Å²) in [6.07, 6.45) is 3.21. The van der Waals surface area contributed by atoms with Crippen LogP contribution in [-0.4, -0.2) is 25.7 Å². The zero-order valence-corrected chi connectivity index (χ0v) is 10.2. The highest BCUT2D eigenvalue weighted by atomic mass is 16.2. The number of nitrogens with one attached hydrogen (secondary N) is 1. The van der Waals surface area contributed by atoms with Crippen LogP contribution in [0.15, 0.2) is 42.7 Å².